The summed E-state index contributed by atoms with van der Waals surface area (Å²) in [6.45, 7) is 0. The third-order valence-corrected chi connectivity index (χ3v) is 4.79. The van der Waals surface area contributed by atoms with Crippen LogP contribution in [0.1, 0.15) is 17.2 Å². The minimum absolute atomic E-state index is 0.470. The molecule has 2 aromatic rings. The van der Waals surface area contributed by atoms with E-state index in [4.69, 9.17) is 38.4 Å². The molecule has 2 aromatic carbocycles. The highest BCUT2D eigenvalue weighted by Gasteiger charge is 2.19. The first kappa shape index (κ1) is 16.4. The number of ether oxygens (including phenoxy) is 2. The summed E-state index contributed by atoms with van der Waals surface area (Å²) in [5.74, 6) is 1.12. The molecule has 112 valence electrons. The molecule has 1 atom stereocenters. The Morgan fingerprint density at radius 1 is 1.05 bits per heavy atom. The average Bonchev–Trinajstić information content (AvgIpc) is 2.49. The summed E-state index contributed by atoms with van der Waals surface area (Å²) in [5, 5.41) is 1.06. The second kappa shape index (κ2) is 6.88. The minimum Gasteiger partial charge on any atom is -0.493 e. The van der Waals surface area contributed by atoms with E-state index in [0.29, 0.717) is 27.1 Å². The van der Waals surface area contributed by atoms with Gasteiger partial charge in [-0.25, -0.2) is 0 Å². The molecule has 0 aromatic heterocycles. The van der Waals surface area contributed by atoms with E-state index in [1.54, 1.807) is 26.4 Å². The standard InChI is InChI=1S/C15H14BrCl2NO2/c1-20-12-6-9(11(17)7-13(12)21-2)15(19)8-4-3-5-10(16)14(8)18/h3-7,15H,19H2,1-2H3. The van der Waals surface area contributed by atoms with Gasteiger partial charge in [-0.15, -0.1) is 0 Å². The lowest BCUT2D eigenvalue weighted by Crippen LogP contribution is -2.13. The molecule has 0 heterocycles. The van der Waals surface area contributed by atoms with Gasteiger partial charge in [0.2, 0.25) is 0 Å². The van der Waals surface area contributed by atoms with Crippen molar-refractivity contribution in [3.05, 3.63) is 56.0 Å². The molecule has 0 aliphatic carbocycles. The zero-order valence-electron chi connectivity index (χ0n) is 11.5. The Bertz CT molecular complexity index is 664. The van der Waals surface area contributed by atoms with Crippen molar-refractivity contribution in [3.8, 4) is 11.5 Å². The molecular formula is C15H14BrCl2NO2. The molecule has 2 N–H and O–H groups in total. The molecule has 0 fully saturated rings. The maximum atomic E-state index is 6.32. The lowest BCUT2D eigenvalue weighted by molar-refractivity contribution is 0.354. The SMILES string of the molecule is COc1cc(Cl)c(C(N)c2cccc(Br)c2Cl)cc1OC. The smallest absolute Gasteiger partial charge is 0.162 e. The molecule has 3 nitrogen and oxygen atoms in total. The molecule has 2 rings (SSSR count). The molecular weight excluding hydrogens is 377 g/mol. The van der Waals surface area contributed by atoms with Crippen molar-refractivity contribution >= 4 is 39.1 Å². The van der Waals surface area contributed by atoms with Crippen LogP contribution in [0.5, 0.6) is 11.5 Å². The first-order valence-electron chi connectivity index (χ1n) is 6.10. The van der Waals surface area contributed by atoms with Crippen LogP contribution in [0.25, 0.3) is 0 Å². The number of nitrogens with two attached hydrogens (primary N) is 1. The van der Waals surface area contributed by atoms with Crippen molar-refractivity contribution in [1.29, 1.82) is 0 Å². The van der Waals surface area contributed by atoms with Crippen LogP contribution < -0.4 is 15.2 Å². The molecule has 1 unspecified atom stereocenters. The van der Waals surface area contributed by atoms with Gasteiger partial charge in [-0.05, 0) is 39.2 Å². The van der Waals surface area contributed by atoms with Crippen molar-refractivity contribution in [2.45, 2.75) is 6.04 Å². The Morgan fingerprint density at radius 2 is 1.67 bits per heavy atom. The molecule has 0 saturated carbocycles. The Balaban J connectivity index is 2.53. The number of benzene rings is 2. The van der Waals surface area contributed by atoms with Crippen LogP contribution in [-0.4, -0.2) is 14.2 Å². The molecule has 0 aliphatic rings. The van der Waals surface area contributed by atoms with E-state index in [0.717, 1.165) is 10.0 Å². The van der Waals surface area contributed by atoms with Gasteiger partial charge in [0.25, 0.3) is 0 Å². The molecule has 0 spiro atoms. The van der Waals surface area contributed by atoms with Gasteiger partial charge in [0.1, 0.15) is 0 Å². The largest absolute Gasteiger partial charge is 0.493 e. The van der Waals surface area contributed by atoms with E-state index >= 15 is 0 Å². The zero-order chi connectivity index (χ0) is 15.6. The Morgan fingerprint density at radius 3 is 2.29 bits per heavy atom. The number of methoxy groups -OCH3 is 2. The normalized spacial score (nSPS) is 12.1. The van der Waals surface area contributed by atoms with E-state index < -0.39 is 6.04 Å². The van der Waals surface area contributed by atoms with Gasteiger partial charge in [-0.1, -0.05) is 35.3 Å². The summed E-state index contributed by atoms with van der Waals surface area (Å²) in [6, 6.07) is 8.58. The average molecular weight is 391 g/mol. The number of hydrogen-bond acceptors (Lipinski definition) is 3. The molecule has 21 heavy (non-hydrogen) atoms. The van der Waals surface area contributed by atoms with Crippen LogP contribution in [0.4, 0.5) is 0 Å². The van der Waals surface area contributed by atoms with Gasteiger partial charge in [0.05, 0.1) is 25.3 Å². The van der Waals surface area contributed by atoms with Crippen molar-refractivity contribution in [1.82, 2.24) is 0 Å². The summed E-state index contributed by atoms with van der Waals surface area (Å²) < 4.78 is 11.3. The molecule has 0 bridgehead atoms. The van der Waals surface area contributed by atoms with Crippen LogP contribution in [-0.2, 0) is 0 Å². The topological polar surface area (TPSA) is 44.5 Å². The van der Waals surface area contributed by atoms with E-state index in [2.05, 4.69) is 15.9 Å². The summed E-state index contributed by atoms with van der Waals surface area (Å²) >= 11 is 16.0. The van der Waals surface area contributed by atoms with Gasteiger partial charge in [0.15, 0.2) is 11.5 Å². The third-order valence-electron chi connectivity index (χ3n) is 3.15. The monoisotopic (exact) mass is 389 g/mol. The van der Waals surface area contributed by atoms with Crippen LogP contribution in [0.2, 0.25) is 10.0 Å². The second-order valence-corrected chi connectivity index (χ2v) is 5.99. The van der Waals surface area contributed by atoms with Gasteiger partial charge < -0.3 is 15.2 Å². The van der Waals surface area contributed by atoms with E-state index in [9.17, 15) is 0 Å². The Hall–Kier alpha value is -0.940. The van der Waals surface area contributed by atoms with Gasteiger partial charge >= 0.3 is 0 Å². The summed E-state index contributed by atoms with van der Waals surface area (Å²) in [7, 11) is 3.12. The van der Waals surface area contributed by atoms with Crippen molar-refractivity contribution in [3.63, 3.8) is 0 Å². The van der Waals surface area contributed by atoms with Crippen LogP contribution in [0, 0.1) is 0 Å². The summed E-state index contributed by atoms with van der Waals surface area (Å²) in [6.07, 6.45) is 0. The summed E-state index contributed by atoms with van der Waals surface area (Å²) in [4.78, 5) is 0. The van der Waals surface area contributed by atoms with Crippen molar-refractivity contribution in [2.24, 2.45) is 5.73 Å². The highest BCUT2D eigenvalue weighted by Crippen LogP contribution is 2.39. The Labute approximate surface area is 142 Å². The first-order chi connectivity index (χ1) is 9.99. The van der Waals surface area contributed by atoms with Gasteiger partial charge in [-0.2, -0.15) is 0 Å². The van der Waals surface area contributed by atoms with Crippen molar-refractivity contribution in [2.75, 3.05) is 14.2 Å². The predicted octanol–water partition coefficient (Wildman–Crippen LogP) is 4.82. The molecule has 0 amide bonds. The lowest BCUT2D eigenvalue weighted by Gasteiger charge is -2.18. The second-order valence-electron chi connectivity index (χ2n) is 4.35. The molecule has 6 heteroatoms. The van der Waals surface area contributed by atoms with E-state index in [-0.39, 0.29) is 0 Å². The maximum absolute atomic E-state index is 6.32. The van der Waals surface area contributed by atoms with Crippen LogP contribution >= 0.6 is 39.1 Å². The molecule has 0 radical (unpaired) electrons. The number of halogens is 3. The van der Waals surface area contributed by atoms with Crippen LogP contribution in [0.15, 0.2) is 34.8 Å². The predicted molar refractivity (Wildman–Crippen MR) is 89.7 cm³/mol. The number of rotatable bonds is 4. The Kier molecular flexibility index (Phi) is 5.38. The fourth-order valence-corrected chi connectivity index (χ4v) is 2.93. The molecule has 0 aliphatic heterocycles. The van der Waals surface area contributed by atoms with Crippen molar-refractivity contribution < 1.29 is 9.47 Å². The fourth-order valence-electron chi connectivity index (χ4n) is 2.04. The fraction of sp³-hybridized carbons (Fsp3) is 0.200. The lowest BCUT2D eigenvalue weighted by atomic mass is 9.99. The minimum atomic E-state index is -0.470. The third kappa shape index (κ3) is 3.29. The van der Waals surface area contributed by atoms with Gasteiger partial charge in [-0.3, -0.25) is 0 Å². The van der Waals surface area contributed by atoms with Crippen LogP contribution in [0.3, 0.4) is 0 Å². The van der Waals surface area contributed by atoms with E-state index in [1.165, 1.54) is 0 Å². The quantitative estimate of drug-likeness (QED) is 0.813. The molecule has 0 saturated heterocycles. The number of hydrogen-bond donors (Lipinski definition) is 1. The highest BCUT2D eigenvalue weighted by atomic mass is 79.9. The first-order valence-corrected chi connectivity index (χ1v) is 7.65. The highest BCUT2D eigenvalue weighted by molar-refractivity contribution is 9.10. The maximum Gasteiger partial charge on any atom is 0.162 e. The van der Waals surface area contributed by atoms with Gasteiger partial charge in [0, 0.05) is 15.6 Å². The zero-order valence-corrected chi connectivity index (χ0v) is 14.6. The summed E-state index contributed by atoms with van der Waals surface area (Å²) in [5.41, 5.74) is 7.81. The van der Waals surface area contributed by atoms with E-state index in [1.807, 2.05) is 18.2 Å².